The molecule has 0 saturated carbocycles. The molecule has 1 N–H and O–H groups in total. The molecule has 3 rings (SSSR count). The minimum atomic E-state index is -0.341. The lowest BCUT2D eigenvalue weighted by molar-refractivity contribution is 0.103. The predicted octanol–water partition coefficient (Wildman–Crippen LogP) is 4.77. The summed E-state index contributed by atoms with van der Waals surface area (Å²) in [5.74, 6) is 0.333. The lowest BCUT2D eigenvalue weighted by Crippen LogP contribution is -2.11. The fourth-order valence-corrected chi connectivity index (χ4v) is 3.11. The van der Waals surface area contributed by atoms with Gasteiger partial charge in [0.15, 0.2) is 0 Å². The lowest BCUT2D eigenvalue weighted by Gasteiger charge is -2.07. The van der Waals surface area contributed by atoms with Crippen LogP contribution in [0.1, 0.15) is 9.67 Å². The summed E-state index contributed by atoms with van der Waals surface area (Å²) < 4.78 is 9.09. The van der Waals surface area contributed by atoms with E-state index in [4.69, 9.17) is 27.9 Å². The van der Waals surface area contributed by atoms with Gasteiger partial charge in [0.05, 0.1) is 17.8 Å². The number of anilines is 1. The van der Waals surface area contributed by atoms with Crippen LogP contribution in [-0.4, -0.2) is 22.6 Å². The summed E-state index contributed by atoms with van der Waals surface area (Å²) in [4.78, 5) is 12.9. The molecule has 1 aromatic heterocycles. The molecule has 0 aliphatic carbocycles. The van der Waals surface area contributed by atoms with Crippen LogP contribution in [0.3, 0.4) is 0 Å². The second-order valence-electron chi connectivity index (χ2n) is 4.76. The first-order valence-corrected chi connectivity index (χ1v) is 8.34. The van der Waals surface area contributed by atoms with Gasteiger partial charge < -0.3 is 10.1 Å². The Kier molecular flexibility index (Phi) is 4.99. The Bertz CT molecular complexity index is 899. The number of halogens is 2. The maximum Gasteiger partial charge on any atom is 0.269 e. The van der Waals surface area contributed by atoms with Crippen LogP contribution in [0.25, 0.3) is 11.3 Å². The third-order valence-electron chi connectivity index (χ3n) is 3.22. The van der Waals surface area contributed by atoms with E-state index in [0.717, 1.165) is 17.1 Å². The zero-order valence-corrected chi connectivity index (χ0v) is 14.7. The Balaban J connectivity index is 1.90. The smallest absolute Gasteiger partial charge is 0.269 e. The highest BCUT2D eigenvalue weighted by atomic mass is 35.5. The topological polar surface area (TPSA) is 64.1 Å². The number of methoxy groups -OCH3 is 1. The number of nitrogens with one attached hydrogen (secondary N) is 1. The molecule has 1 heterocycles. The van der Waals surface area contributed by atoms with Gasteiger partial charge in [0.2, 0.25) is 0 Å². The SMILES string of the molecule is COc1cccc(-c2nnsc2C(=O)Nc2ccc(Cl)cc2Cl)c1. The van der Waals surface area contributed by atoms with Gasteiger partial charge in [-0.25, -0.2) is 0 Å². The van der Waals surface area contributed by atoms with E-state index in [1.54, 1.807) is 31.4 Å². The van der Waals surface area contributed by atoms with E-state index in [-0.39, 0.29) is 5.91 Å². The fourth-order valence-electron chi connectivity index (χ4n) is 2.07. The molecule has 122 valence electrons. The number of hydrogen-bond donors (Lipinski definition) is 1. The lowest BCUT2D eigenvalue weighted by atomic mass is 10.1. The molecule has 0 fully saturated rings. The maximum atomic E-state index is 12.6. The number of hydrogen-bond acceptors (Lipinski definition) is 5. The molecule has 0 spiro atoms. The first-order chi connectivity index (χ1) is 11.6. The van der Waals surface area contributed by atoms with Crippen molar-refractivity contribution in [1.82, 2.24) is 9.59 Å². The summed E-state index contributed by atoms with van der Waals surface area (Å²) in [5, 5.41) is 7.66. The number of carbonyl (C=O) groups excluding carboxylic acids is 1. The number of ether oxygens (including phenoxy) is 1. The Labute approximate surface area is 152 Å². The number of rotatable bonds is 4. The molecule has 24 heavy (non-hydrogen) atoms. The summed E-state index contributed by atoms with van der Waals surface area (Å²) in [7, 11) is 1.58. The van der Waals surface area contributed by atoms with Crippen LogP contribution in [0.5, 0.6) is 5.75 Å². The van der Waals surface area contributed by atoms with Crippen molar-refractivity contribution >= 4 is 46.3 Å². The van der Waals surface area contributed by atoms with Crippen LogP contribution < -0.4 is 10.1 Å². The van der Waals surface area contributed by atoms with Gasteiger partial charge in [0, 0.05) is 10.6 Å². The van der Waals surface area contributed by atoms with E-state index in [1.807, 2.05) is 18.2 Å². The monoisotopic (exact) mass is 379 g/mol. The number of aromatic nitrogens is 2. The van der Waals surface area contributed by atoms with Gasteiger partial charge in [-0.3, -0.25) is 4.79 Å². The van der Waals surface area contributed by atoms with Crippen LogP contribution in [0.4, 0.5) is 5.69 Å². The van der Waals surface area contributed by atoms with E-state index in [9.17, 15) is 4.79 Å². The van der Waals surface area contributed by atoms with Crippen molar-refractivity contribution in [1.29, 1.82) is 0 Å². The third kappa shape index (κ3) is 3.51. The number of benzene rings is 2. The molecule has 0 aliphatic rings. The van der Waals surface area contributed by atoms with Gasteiger partial charge in [-0.05, 0) is 41.9 Å². The molecule has 0 atom stereocenters. The van der Waals surface area contributed by atoms with Crippen LogP contribution in [-0.2, 0) is 0 Å². The number of nitrogens with zero attached hydrogens (tertiary/aromatic N) is 2. The third-order valence-corrected chi connectivity index (χ3v) is 4.49. The van der Waals surface area contributed by atoms with Crippen LogP contribution in [0.2, 0.25) is 10.0 Å². The molecular weight excluding hydrogens is 369 g/mol. The van der Waals surface area contributed by atoms with Gasteiger partial charge in [-0.1, -0.05) is 39.8 Å². The summed E-state index contributed by atoms with van der Waals surface area (Å²) in [6.07, 6.45) is 0. The fraction of sp³-hybridized carbons (Fsp3) is 0.0625. The summed E-state index contributed by atoms with van der Waals surface area (Å²) in [6, 6.07) is 12.1. The van der Waals surface area contributed by atoms with Gasteiger partial charge in [0.1, 0.15) is 16.3 Å². The van der Waals surface area contributed by atoms with Gasteiger partial charge >= 0.3 is 0 Å². The number of carbonyl (C=O) groups is 1. The highest BCUT2D eigenvalue weighted by Gasteiger charge is 2.19. The van der Waals surface area contributed by atoms with Crippen LogP contribution in [0, 0.1) is 0 Å². The standard InChI is InChI=1S/C16H11Cl2N3O2S/c1-23-11-4-2-3-9(7-11)14-15(24-21-20-14)16(22)19-13-6-5-10(17)8-12(13)18/h2-8H,1H3,(H,19,22). The first-order valence-electron chi connectivity index (χ1n) is 6.81. The van der Waals surface area contributed by atoms with Gasteiger partial charge in [-0.2, -0.15) is 0 Å². The van der Waals surface area contributed by atoms with Crippen LogP contribution >= 0.6 is 34.7 Å². The maximum absolute atomic E-state index is 12.6. The Morgan fingerprint density at radius 3 is 2.79 bits per heavy atom. The predicted molar refractivity (Wildman–Crippen MR) is 96.3 cm³/mol. The highest BCUT2D eigenvalue weighted by Crippen LogP contribution is 2.29. The minimum Gasteiger partial charge on any atom is -0.497 e. The molecule has 5 nitrogen and oxygen atoms in total. The molecule has 0 bridgehead atoms. The highest BCUT2D eigenvalue weighted by molar-refractivity contribution is 7.08. The quantitative estimate of drug-likeness (QED) is 0.708. The Morgan fingerprint density at radius 2 is 2.04 bits per heavy atom. The number of amides is 1. The zero-order chi connectivity index (χ0) is 17.1. The summed E-state index contributed by atoms with van der Waals surface area (Å²) >= 11 is 13.0. The van der Waals surface area contributed by atoms with E-state index < -0.39 is 0 Å². The molecule has 2 aromatic carbocycles. The molecular formula is C16H11Cl2N3O2S. The van der Waals surface area contributed by atoms with Gasteiger partial charge in [0.25, 0.3) is 5.91 Å². The Hall–Kier alpha value is -2.15. The van der Waals surface area contributed by atoms with Crippen molar-refractivity contribution in [2.75, 3.05) is 12.4 Å². The molecule has 0 unspecified atom stereocenters. The summed E-state index contributed by atoms with van der Waals surface area (Å²) in [5.41, 5.74) is 1.70. The van der Waals surface area contributed by atoms with E-state index >= 15 is 0 Å². The van der Waals surface area contributed by atoms with Gasteiger partial charge in [-0.15, -0.1) is 5.10 Å². The van der Waals surface area contributed by atoms with Crippen molar-refractivity contribution in [2.45, 2.75) is 0 Å². The molecule has 0 saturated heterocycles. The van der Waals surface area contributed by atoms with Crippen molar-refractivity contribution in [2.24, 2.45) is 0 Å². The average Bonchev–Trinajstić information content (AvgIpc) is 3.07. The summed E-state index contributed by atoms with van der Waals surface area (Å²) in [6.45, 7) is 0. The van der Waals surface area contributed by atoms with Crippen molar-refractivity contribution < 1.29 is 9.53 Å². The Morgan fingerprint density at radius 1 is 1.21 bits per heavy atom. The largest absolute Gasteiger partial charge is 0.497 e. The normalized spacial score (nSPS) is 10.5. The molecule has 8 heteroatoms. The second kappa shape index (κ2) is 7.17. The zero-order valence-electron chi connectivity index (χ0n) is 12.4. The van der Waals surface area contributed by atoms with Crippen molar-refractivity contribution in [3.05, 3.63) is 57.4 Å². The van der Waals surface area contributed by atoms with Crippen molar-refractivity contribution in [3.8, 4) is 17.0 Å². The van der Waals surface area contributed by atoms with E-state index in [1.165, 1.54) is 0 Å². The molecule has 1 amide bonds. The molecule has 3 aromatic rings. The van der Waals surface area contributed by atoms with Crippen LogP contribution in [0.15, 0.2) is 42.5 Å². The molecule has 0 radical (unpaired) electrons. The van der Waals surface area contributed by atoms with E-state index in [0.29, 0.717) is 32.1 Å². The average molecular weight is 380 g/mol. The second-order valence-corrected chi connectivity index (χ2v) is 6.36. The first kappa shape index (κ1) is 16.7. The van der Waals surface area contributed by atoms with Crippen molar-refractivity contribution in [3.63, 3.8) is 0 Å². The van der Waals surface area contributed by atoms with E-state index in [2.05, 4.69) is 14.9 Å². The minimum absolute atomic E-state index is 0.341. The molecule has 0 aliphatic heterocycles.